The summed E-state index contributed by atoms with van der Waals surface area (Å²) in [6.07, 6.45) is 5.65. The quantitative estimate of drug-likeness (QED) is 0.668. The molecule has 0 aromatic heterocycles. The lowest BCUT2D eigenvalue weighted by Crippen LogP contribution is -2.34. The van der Waals surface area contributed by atoms with Gasteiger partial charge in [0, 0.05) is 12.8 Å². The van der Waals surface area contributed by atoms with Crippen LogP contribution in [0.3, 0.4) is 0 Å². The van der Waals surface area contributed by atoms with Crippen molar-refractivity contribution in [2.24, 2.45) is 11.8 Å². The van der Waals surface area contributed by atoms with Crippen LogP contribution in [0.4, 0.5) is 0 Å². The SMILES string of the molecule is C=C1/C=C\C(C(C)C)CC(=O)[C@@]2(CO2)C2OC2C1. The predicted octanol–water partition coefficient (Wildman–Crippen LogP) is 2.27. The first-order chi connectivity index (χ1) is 8.53. The summed E-state index contributed by atoms with van der Waals surface area (Å²) in [6, 6.07) is 0. The van der Waals surface area contributed by atoms with Crippen molar-refractivity contribution >= 4 is 5.78 Å². The first kappa shape index (κ1) is 12.1. The number of rotatable bonds is 1. The monoisotopic (exact) mass is 248 g/mol. The van der Waals surface area contributed by atoms with Gasteiger partial charge in [-0.3, -0.25) is 4.79 Å². The molecule has 18 heavy (non-hydrogen) atoms. The average Bonchev–Trinajstić information content (AvgIpc) is 3.15. The number of carbonyl (C=O) groups is 1. The molecule has 2 saturated heterocycles. The third-order valence-corrected chi connectivity index (χ3v) is 4.29. The van der Waals surface area contributed by atoms with Gasteiger partial charge in [0.05, 0.1) is 12.7 Å². The van der Waals surface area contributed by atoms with Crippen LogP contribution in [0.2, 0.25) is 0 Å². The molecule has 0 radical (unpaired) electrons. The molecule has 1 spiro atoms. The third-order valence-electron chi connectivity index (χ3n) is 4.29. The highest BCUT2D eigenvalue weighted by molar-refractivity contribution is 5.91. The first-order valence-electron chi connectivity index (χ1n) is 6.71. The van der Waals surface area contributed by atoms with Crippen LogP contribution in [0.5, 0.6) is 0 Å². The number of hydrogen-bond donors (Lipinski definition) is 0. The topological polar surface area (TPSA) is 42.1 Å². The van der Waals surface area contributed by atoms with Gasteiger partial charge in [-0.1, -0.05) is 38.2 Å². The molecule has 98 valence electrons. The van der Waals surface area contributed by atoms with E-state index in [2.05, 4.69) is 32.6 Å². The fraction of sp³-hybridized carbons (Fsp3) is 0.667. The van der Waals surface area contributed by atoms with Crippen molar-refractivity contribution in [3.8, 4) is 0 Å². The van der Waals surface area contributed by atoms with E-state index in [1.807, 2.05) is 0 Å². The largest absolute Gasteiger partial charge is 0.365 e. The van der Waals surface area contributed by atoms with Gasteiger partial charge in [0.25, 0.3) is 0 Å². The molecule has 0 amide bonds. The summed E-state index contributed by atoms with van der Waals surface area (Å²) >= 11 is 0. The van der Waals surface area contributed by atoms with Gasteiger partial charge >= 0.3 is 0 Å². The Morgan fingerprint density at radius 2 is 2.17 bits per heavy atom. The van der Waals surface area contributed by atoms with E-state index in [-0.39, 0.29) is 23.9 Å². The van der Waals surface area contributed by atoms with E-state index in [1.165, 1.54) is 0 Å². The number of fused-ring (bicyclic) bond motifs is 2. The lowest BCUT2D eigenvalue weighted by atomic mass is 9.83. The molecular formula is C15H20O3. The molecule has 2 fully saturated rings. The second-order valence-electron chi connectivity index (χ2n) is 6.03. The molecule has 0 N–H and O–H groups in total. The van der Waals surface area contributed by atoms with Gasteiger partial charge < -0.3 is 9.47 Å². The molecular weight excluding hydrogens is 228 g/mol. The first-order valence-corrected chi connectivity index (χ1v) is 6.71. The average molecular weight is 248 g/mol. The van der Waals surface area contributed by atoms with Crippen LogP contribution in [0.25, 0.3) is 0 Å². The number of Topliss-reactive ketones (excluding diaryl/α,β-unsaturated/α-hetero) is 1. The molecule has 4 atom stereocenters. The Labute approximate surface area is 108 Å². The maximum absolute atomic E-state index is 12.4. The minimum Gasteiger partial charge on any atom is -0.365 e. The molecule has 3 nitrogen and oxygen atoms in total. The smallest absolute Gasteiger partial charge is 0.178 e. The Morgan fingerprint density at radius 3 is 2.78 bits per heavy atom. The zero-order valence-electron chi connectivity index (χ0n) is 11.0. The van der Waals surface area contributed by atoms with Gasteiger partial charge in [0.1, 0.15) is 6.10 Å². The Morgan fingerprint density at radius 1 is 1.44 bits per heavy atom. The lowest BCUT2D eigenvalue weighted by Gasteiger charge is -2.19. The van der Waals surface area contributed by atoms with Crippen molar-refractivity contribution in [3.63, 3.8) is 0 Å². The summed E-state index contributed by atoms with van der Waals surface area (Å²) in [5.74, 6) is 0.931. The second-order valence-corrected chi connectivity index (χ2v) is 6.03. The molecule has 2 heterocycles. The lowest BCUT2D eigenvalue weighted by molar-refractivity contribution is -0.125. The highest BCUT2D eigenvalue weighted by atomic mass is 16.7. The molecule has 0 saturated carbocycles. The maximum atomic E-state index is 12.4. The molecule has 2 aliphatic heterocycles. The minimum atomic E-state index is -0.608. The Hall–Kier alpha value is -0.930. The van der Waals surface area contributed by atoms with E-state index in [0.717, 1.165) is 12.0 Å². The van der Waals surface area contributed by atoms with Gasteiger partial charge in [-0.25, -0.2) is 0 Å². The Kier molecular flexibility index (Phi) is 2.72. The number of carbonyl (C=O) groups excluding carboxylic acids is 1. The molecule has 3 heteroatoms. The Balaban J connectivity index is 1.85. The fourth-order valence-electron chi connectivity index (χ4n) is 2.77. The standard InChI is InChI=1S/C15H20O3/c1-9(2)11-5-4-10(3)6-12-14(18-12)15(8-17-15)13(16)7-11/h4-5,9,11-12,14H,3,6-8H2,1-2H3/b5-4-/t11?,12?,14?,15-/m0/s1. The van der Waals surface area contributed by atoms with Crippen molar-refractivity contribution in [2.45, 2.75) is 44.5 Å². The van der Waals surface area contributed by atoms with Gasteiger partial charge in [-0.05, 0) is 11.8 Å². The summed E-state index contributed by atoms with van der Waals surface area (Å²) < 4.78 is 11.1. The van der Waals surface area contributed by atoms with Crippen molar-refractivity contribution < 1.29 is 14.3 Å². The van der Waals surface area contributed by atoms with Crippen molar-refractivity contribution in [1.29, 1.82) is 0 Å². The molecule has 0 aromatic carbocycles. The maximum Gasteiger partial charge on any atom is 0.178 e. The van der Waals surface area contributed by atoms with Gasteiger partial charge in [0.15, 0.2) is 11.4 Å². The fourth-order valence-corrected chi connectivity index (χ4v) is 2.77. The Bertz CT molecular complexity index is 417. The van der Waals surface area contributed by atoms with Crippen molar-refractivity contribution in [2.75, 3.05) is 6.61 Å². The highest BCUT2D eigenvalue weighted by Gasteiger charge is 2.67. The van der Waals surface area contributed by atoms with E-state index in [0.29, 0.717) is 18.9 Å². The minimum absolute atomic E-state index is 0.0268. The highest BCUT2D eigenvalue weighted by Crippen LogP contribution is 2.48. The number of hydrogen-bond acceptors (Lipinski definition) is 3. The number of epoxide rings is 2. The van der Waals surface area contributed by atoms with Crippen LogP contribution in [0, 0.1) is 11.8 Å². The van der Waals surface area contributed by atoms with Gasteiger partial charge in [0.2, 0.25) is 0 Å². The molecule has 0 bridgehead atoms. The predicted molar refractivity (Wildman–Crippen MR) is 68.2 cm³/mol. The third kappa shape index (κ3) is 1.95. The normalized spacial score (nSPS) is 44.9. The van der Waals surface area contributed by atoms with Crippen LogP contribution in [-0.4, -0.2) is 30.2 Å². The summed E-state index contributed by atoms with van der Waals surface area (Å²) in [6.45, 7) is 8.88. The molecule has 1 aliphatic carbocycles. The van der Waals surface area contributed by atoms with Gasteiger partial charge in [-0.2, -0.15) is 0 Å². The van der Waals surface area contributed by atoms with E-state index in [9.17, 15) is 4.79 Å². The molecule has 3 unspecified atom stereocenters. The molecule has 3 aliphatic rings. The van der Waals surface area contributed by atoms with Crippen LogP contribution in [0.1, 0.15) is 26.7 Å². The second kappa shape index (κ2) is 4.04. The summed E-state index contributed by atoms with van der Waals surface area (Å²) in [7, 11) is 0. The number of allylic oxidation sites excluding steroid dienone is 2. The summed E-state index contributed by atoms with van der Waals surface area (Å²) in [4.78, 5) is 12.4. The van der Waals surface area contributed by atoms with Crippen LogP contribution in [0.15, 0.2) is 24.3 Å². The summed E-state index contributed by atoms with van der Waals surface area (Å²) in [5.41, 5.74) is 0.474. The number of ether oxygens (including phenoxy) is 2. The van der Waals surface area contributed by atoms with Crippen LogP contribution in [-0.2, 0) is 14.3 Å². The van der Waals surface area contributed by atoms with E-state index in [1.54, 1.807) is 0 Å². The molecule has 0 aromatic rings. The van der Waals surface area contributed by atoms with Crippen LogP contribution >= 0.6 is 0 Å². The van der Waals surface area contributed by atoms with Crippen molar-refractivity contribution in [3.05, 3.63) is 24.3 Å². The van der Waals surface area contributed by atoms with Gasteiger partial charge in [-0.15, -0.1) is 0 Å². The van der Waals surface area contributed by atoms with E-state index >= 15 is 0 Å². The van der Waals surface area contributed by atoms with E-state index in [4.69, 9.17) is 9.47 Å². The number of ketones is 1. The molecule has 3 rings (SSSR count). The van der Waals surface area contributed by atoms with Crippen LogP contribution < -0.4 is 0 Å². The summed E-state index contributed by atoms with van der Waals surface area (Å²) in [5, 5.41) is 0. The van der Waals surface area contributed by atoms with Crippen molar-refractivity contribution in [1.82, 2.24) is 0 Å². The zero-order chi connectivity index (χ0) is 12.9. The zero-order valence-corrected chi connectivity index (χ0v) is 11.0. The van der Waals surface area contributed by atoms with E-state index < -0.39 is 5.60 Å².